The zero-order valence-corrected chi connectivity index (χ0v) is 11.0. The van der Waals surface area contributed by atoms with Crippen LogP contribution in [0.25, 0.3) is 11.0 Å². The molecule has 1 atom stereocenters. The van der Waals surface area contributed by atoms with E-state index in [2.05, 4.69) is 9.72 Å². The zero-order chi connectivity index (χ0) is 14.2. The van der Waals surface area contributed by atoms with Crippen LogP contribution in [-0.2, 0) is 16.1 Å². The van der Waals surface area contributed by atoms with Crippen molar-refractivity contribution in [3.05, 3.63) is 29.6 Å². The number of rotatable bonds is 3. The molecule has 0 saturated heterocycles. The molecule has 0 aliphatic rings. The molecule has 1 aromatic carbocycles. The highest BCUT2D eigenvalue weighted by molar-refractivity contribution is 6.20. The van der Waals surface area contributed by atoms with Crippen LogP contribution in [0.4, 0.5) is 8.78 Å². The topological polar surface area (TPSA) is 44.1 Å². The van der Waals surface area contributed by atoms with E-state index in [4.69, 9.17) is 11.6 Å². The molecule has 7 heteroatoms. The van der Waals surface area contributed by atoms with Gasteiger partial charge in [0.05, 0.1) is 18.0 Å². The van der Waals surface area contributed by atoms with Gasteiger partial charge in [0.25, 0.3) is 0 Å². The van der Waals surface area contributed by atoms with E-state index in [1.54, 1.807) is 6.92 Å². The maximum Gasteiger partial charge on any atom is 0.325 e. The normalized spacial score (nSPS) is 12.7. The fraction of sp³-hybridized carbons (Fsp3) is 0.333. The lowest BCUT2D eigenvalue weighted by Gasteiger charge is -2.08. The summed E-state index contributed by atoms with van der Waals surface area (Å²) >= 11 is 5.95. The molecular weight excluding hydrogens is 278 g/mol. The van der Waals surface area contributed by atoms with Crippen molar-refractivity contribution in [2.45, 2.75) is 18.8 Å². The van der Waals surface area contributed by atoms with E-state index < -0.39 is 23.0 Å². The molecular formula is C12H11ClF2N2O2. The first-order valence-electron chi connectivity index (χ1n) is 5.50. The predicted octanol–water partition coefficient (Wildman–Crippen LogP) is 2.79. The number of methoxy groups -OCH3 is 1. The predicted molar refractivity (Wildman–Crippen MR) is 65.9 cm³/mol. The summed E-state index contributed by atoms with van der Waals surface area (Å²) in [5, 5.41) is -0.556. The van der Waals surface area contributed by atoms with Crippen molar-refractivity contribution in [3.8, 4) is 0 Å². The van der Waals surface area contributed by atoms with Crippen LogP contribution < -0.4 is 0 Å². The first-order valence-corrected chi connectivity index (χ1v) is 5.93. The number of aromatic nitrogens is 2. The van der Waals surface area contributed by atoms with Crippen LogP contribution >= 0.6 is 11.6 Å². The molecule has 0 aliphatic carbocycles. The summed E-state index contributed by atoms with van der Waals surface area (Å²) in [4.78, 5) is 15.4. The summed E-state index contributed by atoms with van der Waals surface area (Å²) in [7, 11) is 1.23. The molecule has 0 aliphatic heterocycles. The Bertz CT molecular complexity index is 640. The lowest BCUT2D eigenvalue weighted by molar-refractivity contribution is -0.141. The molecule has 0 spiro atoms. The summed E-state index contributed by atoms with van der Waals surface area (Å²) in [6.07, 6.45) is 0. The summed E-state index contributed by atoms with van der Waals surface area (Å²) in [5.74, 6) is -1.81. The van der Waals surface area contributed by atoms with Crippen molar-refractivity contribution in [1.82, 2.24) is 9.55 Å². The molecule has 0 bridgehead atoms. The van der Waals surface area contributed by atoms with E-state index >= 15 is 0 Å². The monoisotopic (exact) mass is 288 g/mol. The van der Waals surface area contributed by atoms with E-state index in [0.29, 0.717) is 0 Å². The lowest BCUT2D eigenvalue weighted by atomic mass is 10.3. The molecule has 0 amide bonds. The summed E-state index contributed by atoms with van der Waals surface area (Å²) in [6.45, 7) is 1.42. The van der Waals surface area contributed by atoms with Gasteiger partial charge in [-0.15, -0.1) is 11.6 Å². The van der Waals surface area contributed by atoms with Gasteiger partial charge in [-0.3, -0.25) is 4.79 Å². The third kappa shape index (κ3) is 2.53. The molecule has 1 unspecified atom stereocenters. The first kappa shape index (κ1) is 13.7. The van der Waals surface area contributed by atoms with Crippen LogP contribution in [0.1, 0.15) is 18.1 Å². The van der Waals surface area contributed by atoms with Crippen LogP contribution in [0.2, 0.25) is 0 Å². The smallest absolute Gasteiger partial charge is 0.325 e. The number of carbonyl (C=O) groups excluding carboxylic acids is 1. The van der Waals surface area contributed by atoms with E-state index in [9.17, 15) is 13.6 Å². The SMILES string of the molecule is COC(=O)Cn1c(C(C)Cl)nc2c(F)cc(F)cc21. The van der Waals surface area contributed by atoms with Crippen molar-refractivity contribution in [3.63, 3.8) is 0 Å². The highest BCUT2D eigenvalue weighted by Gasteiger charge is 2.20. The molecule has 2 rings (SSSR count). The van der Waals surface area contributed by atoms with Crippen molar-refractivity contribution < 1.29 is 18.3 Å². The molecule has 0 fully saturated rings. The minimum absolute atomic E-state index is 0.0206. The van der Waals surface area contributed by atoms with Crippen molar-refractivity contribution in [2.75, 3.05) is 7.11 Å². The highest BCUT2D eigenvalue weighted by Crippen LogP contribution is 2.26. The quantitative estimate of drug-likeness (QED) is 0.644. The molecule has 1 aromatic heterocycles. The van der Waals surface area contributed by atoms with Crippen LogP contribution in [-0.4, -0.2) is 22.6 Å². The van der Waals surface area contributed by atoms with Crippen molar-refractivity contribution in [2.24, 2.45) is 0 Å². The van der Waals surface area contributed by atoms with Gasteiger partial charge in [-0.05, 0) is 13.0 Å². The number of hydrogen-bond donors (Lipinski definition) is 0. The number of benzene rings is 1. The number of nitrogens with zero attached hydrogens (tertiary/aromatic N) is 2. The second-order valence-electron chi connectivity index (χ2n) is 4.00. The Balaban J connectivity index is 2.69. The largest absolute Gasteiger partial charge is 0.468 e. The fourth-order valence-corrected chi connectivity index (χ4v) is 2.00. The fourth-order valence-electron chi connectivity index (χ4n) is 1.83. The van der Waals surface area contributed by atoms with Gasteiger partial charge in [0.1, 0.15) is 23.7 Å². The van der Waals surface area contributed by atoms with Gasteiger partial charge >= 0.3 is 5.97 Å². The average Bonchev–Trinajstić information content (AvgIpc) is 2.68. The van der Waals surface area contributed by atoms with Crippen LogP contribution in [0.5, 0.6) is 0 Å². The Morgan fingerprint density at radius 3 is 2.79 bits per heavy atom. The van der Waals surface area contributed by atoms with Crippen molar-refractivity contribution >= 4 is 28.6 Å². The van der Waals surface area contributed by atoms with E-state index in [-0.39, 0.29) is 23.4 Å². The van der Waals surface area contributed by atoms with Gasteiger partial charge in [-0.25, -0.2) is 13.8 Å². The van der Waals surface area contributed by atoms with Gasteiger partial charge < -0.3 is 9.30 Å². The summed E-state index contributed by atoms with van der Waals surface area (Å²) < 4.78 is 32.8. The Morgan fingerprint density at radius 1 is 1.53 bits per heavy atom. The molecule has 4 nitrogen and oxygen atoms in total. The molecule has 2 aromatic rings. The first-order chi connectivity index (χ1) is 8.93. The van der Waals surface area contributed by atoms with Gasteiger partial charge in [0, 0.05) is 6.07 Å². The third-order valence-electron chi connectivity index (χ3n) is 2.67. The molecule has 0 radical (unpaired) electrons. The number of hydrogen-bond acceptors (Lipinski definition) is 3. The van der Waals surface area contributed by atoms with Crippen molar-refractivity contribution in [1.29, 1.82) is 0 Å². The Kier molecular flexibility index (Phi) is 3.71. The Morgan fingerprint density at radius 2 is 2.21 bits per heavy atom. The number of carbonyl (C=O) groups is 1. The van der Waals surface area contributed by atoms with Crippen LogP contribution in [0.15, 0.2) is 12.1 Å². The second kappa shape index (κ2) is 5.13. The molecule has 0 N–H and O–H groups in total. The maximum absolute atomic E-state index is 13.6. The highest BCUT2D eigenvalue weighted by atomic mass is 35.5. The number of esters is 1. The zero-order valence-electron chi connectivity index (χ0n) is 10.3. The Labute approximate surface area is 112 Å². The molecule has 102 valence electrons. The van der Waals surface area contributed by atoms with E-state index in [1.807, 2.05) is 0 Å². The molecule has 19 heavy (non-hydrogen) atoms. The van der Waals surface area contributed by atoms with Gasteiger partial charge in [0.2, 0.25) is 0 Å². The van der Waals surface area contributed by atoms with Gasteiger partial charge in [-0.2, -0.15) is 0 Å². The number of alkyl halides is 1. The summed E-state index contributed by atoms with van der Waals surface area (Å²) in [5.41, 5.74) is 0.151. The Hall–Kier alpha value is -1.69. The number of halogens is 3. The second-order valence-corrected chi connectivity index (χ2v) is 4.66. The van der Waals surface area contributed by atoms with Crippen LogP contribution in [0.3, 0.4) is 0 Å². The van der Waals surface area contributed by atoms with Crippen LogP contribution in [0, 0.1) is 11.6 Å². The maximum atomic E-state index is 13.6. The van der Waals surface area contributed by atoms with E-state index in [0.717, 1.165) is 12.1 Å². The number of fused-ring (bicyclic) bond motifs is 1. The number of ether oxygens (including phenoxy) is 1. The lowest BCUT2D eigenvalue weighted by Crippen LogP contribution is -2.14. The molecule has 0 saturated carbocycles. The van der Waals surface area contributed by atoms with Gasteiger partial charge in [0.15, 0.2) is 5.82 Å². The standard InChI is InChI=1S/C12H11ClF2N2O2/c1-6(13)12-16-11-8(15)3-7(14)4-9(11)17(12)5-10(18)19-2/h3-4,6H,5H2,1-2H3. The minimum atomic E-state index is -0.794. The van der Waals surface area contributed by atoms with Gasteiger partial charge in [-0.1, -0.05) is 0 Å². The number of imidazole rings is 1. The average molecular weight is 289 g/mol. The third-order valence-corrected chi connectivity index (χ3v) is 2.87. The minimum Gasteiger partial charge on any atom is -0.468 e. The van der Waals surface area contributed by atoms with E-state index in [1.165, 1.54) is 11.7 Å². The molecule has 1 heterocycles. The summed E-state index contributed by atoms with van der Waals surface area (Å²) in [6, 6.07) is 1.84.